The van der Waals surface area contributed by atoms with E-state index in [0.717, 1.165) is 0 Å². The normalized spacial score (nSPS) is 14.7. The molecule has 0 radical (unpaired) electrons. The first-order valence-corrected chi connectivity index (χ1v) is 2.74. The second-order valence-corrected chi connectivity index (χ2v) is 1.68. The summed E-state index contributed by atoms with van der Waals surface area (Å²) in [5, 5.41) is 0. The Kier molecular flexibility index (Phi) is 1.91. The quantitative estimate of drug-likeness (QED) is 0.203. The minimum absolute atomic E-state index is 0.350. The summed E-state index contributed by atoms with van der Waals surface area (Å²) in [6.07, 6.45) is 4.97. The van der Waals surface area contributed by atoms with Crippen molar-refractivity contribution >= 4 is 5.91 Å². The van der Waals surface area contributed by atoms with E-state index in [-0.39, 0.29) is 5.91 Å². The first kappa shape index (κ1) is 6.63. The van der Waals surface area contributed by atoms with Gasteiger partial charge < -0.3 is 5.43 Å². The minimum atomic E-state index is -0.350. The summed E-state index contributed by atoms with van der Waals surface area (Å²) in [6.45, 7) is 0. The number of carbonyl (C=O) groups excluding carboxylic acids is 1. The molecule has 1 aliphatic heterocycles. The van der Waals surface area contributed by atoms with Gasteiger partial charge in [0.2, 0.25) is 0 Å². The number of nitrogens with two attached hydrogens (primary N) is 1. The van der Waals surface area contributed by atoms with Crippen LogP contribution in [0, 0.1) is 0 Å². The van der Waals surface area contributed by atoms with Crippen LogP contribution in [0.2, 0.25) is 0 Å². The Balaban J connectivity index is 2.62. The fourth-order valence-electron chi connectivity index (χ4n) is 0.564. The lowest BCUT2D eigenvalue weighted by molar-refractivity contribution is -0.118. The predicted molar refractivity (Wildman–Crippen MR) is 35.8 cm³/mol. The molecule has 0 aliphatic carbocycles. The van der Waals surface area contributed by atoms with Gasteiger partial charge in [-0.25, -0.2) is 5.84 Å². The maximum atomic E-state index is 10.7. The Morgan fingerprint density at radius 1 is 1.70 bits per heavy atom. The molecule has 5 N–H and O–H groups in total. The number of allylic oxidation sites excluding steroid dienone is 2. The zero-order valence-corrected chi connectivity index (χ0v) is 5.22. The number of carbonyl (C=O) groups is 1. The van der Waals surface area contributed by atoms with E-state index in [0.29, 0.717) is 5.70 Å². The SMILES string of the molecule is NNC(=O)C1=CC=CNN1. The highest BCUT2D eigenvalue weighted by Gasteiger charge is 2.05. The molecule has 5 nitrogen and oxygen atoms in total. The number of amides is 1. The summed E-state index contributed by atoms with van der Waals surface area (Å²) in [6, 6.07) is 0. The predicted octanol–water partition coefficient (Wildman–Crippen LogP) is -1.52. The highest BCUT2D eigenvalue weighted by molar-refractivity contribution is 5.92. The molecule has 0 aromatic carbocycles. The summed E-state index contributed by atoms with van der Waals surface area (Å²) < 4.78 is 0. The van der Waals surface area contributed by atoms with Gasteiger partial charge in [-0.3, -0.25) is 15.6 Å². The topological polar surface area (TPSA) is 79.2 Å². The van der Waals surface area contributed by atoms with Crippen LogP contribution in [0.15, 0.2) is 24.0 Å². The van der Waals surface area contributed by atoms with Gasteiger partial charge in [0.1, 0.15) is 5.70 Å². The number of nitrogens with one attached hydrogen (secondary N) is 3. The van der Waals surface area contributed by atoms with Crippen LogP contribution in [-0.2, 0) is 4.79 Å². The maximum absolute atomic E-state index is 10.7. The van der Waals surface area contributed by atoms with Gasteiger partial charge in [0.15, 0.2) is 0 Å². The standard InChI is InChI=1S/C5H8N4O/c6-8-5(10)4-2-1-3-7-9-4/h1-3,7,9H,6H2,(H,8,10). The third-order valence-corrected chi connectivity index (χ3v) is 1.03. The molecule has 10 heavy (non-hydrogen) atoms. The van der Waals surface area contributed by atoms with Crippen LogP contribution in [0.5, 0.6) is 0 Å². The largest absolute Gasteiger partial charge is 0.308 e. The van der Waals surface area contributed by atoms with Gasteiger partial charge in [-0.05, 0) is 12.2 Å². The number of rotatable bonds is 1. The molecule has 0 unspecified atom stereocenters. The van der Waals surface area contributed by atoms with Crippen molar-refractivity contribution in [1.82, 2.24) is 16.3 Å². The van der Waals surface area contributed by atoms with Crippen LogP contribution in [0.1, 0.15) is 0 Å². The molecule has 0 aromatic heterocycles. The van der Waals surface area contributed by atoms with E-state index in [1.807, 2.05) is 5.43 Å². The summed E-state index contributed by atoms with van der Waals surface area (Å²) in [5.74, 6) is 4.52. The van der Waals surface area contributed by atoms with Crippen molar-refractivity contribution < 1.29 is 4.79 Å². The summed E-state index contributed by atoms with van der Waals surface area (Å²) in [7, 11) is 0. The fraction of sp³-hybridized carbons (Fsp3) is 0. The number of hydrazine groups is 2. The van der Waals surface area contributed by atoms with Crippen molar-refractivity contribution in [3.63, 3.8) is 0 Å². The van der Waals surface area contributed by atoms with Crippen molar-refractivity contribution in [1.29, 1.82) is 0 Å². The monoisotopic (exact) mass is 140 g/mol. The average molecular weight is 140 g/mol. The molecule has 1 heterocycles. The lowest BCUT2D eigenvalue weighted by Crippen LogP contribution is -2.40. The van der Waals surface area contributed by atoms with Crippen molar-refractivity contribution in [3.05, 3.63) is 24.0 Å². The van der Waals surface area contributed by atoms with Gasteiger partial charge in [-0.1, -0.05) is 0 Å². The van der Waals surface area contributed by atoms with Crippen LogP contribution in [0.3, 0.4) is 0 Å². The van der Waals surface area contributed by atoms with Crippen molar-refractivity contribution in [3.8, 4) is 0 Å². The highest BCUT2D eigenvalue weighted by Crippen LogP contribution is 1.90. The van der Waals surface area contributed by atoms with E-state index in [1.165, 1.54) is 0 Å². The first-order valence-electron chi connectivity index (χ1n) is 2.74. The van der Waals surface area contributed by atoms with E-state index >= 15 is 0 Å². The Labute approximate surface area is 57.9 Å². The van der Waals surface area contributed by atoms with Crippen molar-refractivity contribution in [2.24, 2.45) is 5.84 Å². The Bertz CT molecular complexity index is 196. The molecule has 1 amide bonds. The lowest BCUT2D eigenvalue weighted by atomic mass is 10.3. The van der Waals surface area contributed by atoms with E-state index in [4.69, 9.17) is 5.84 Å². The zero-order chi connectivity index (χ0) is 7.40. The van der Waals surface area contributed by atoms with Crippen LogP contribution in [-0.4, -0.2) is 5.91 Å². The second kappa shape index (κ2) is 2.88. The molecule has 0 aromatic rings. The molecule has 5 heteroatoms. The van der Waals surface area contributed by atoms with E-state index in [9.17, 15) is 4.79 Å². The molecule has 0 fully saturated rings. The van der Waals surface area contributed by atoms with Crippen LogP contribution >= 0.6 is 0 Å². The first-order chi connectivity index (χ1) is 4.84. The van der Waals surface area contributed by atoms with Gasteiger partial charge >= 0.3 is 0 Å². The third kappa shape index (κ3) is 1.26. The molecule has 0 saturated heterocycles. The molecule has 0 atom stereocenters. The van der Waals surface area contributed by atoms with E-state index < -0.39 is 0 Å². The van der Waals surface area contributed by atoms with Gasteiger partial charge in [0.05, 0.1) is 0 Å². The van der Waals surface area contributed by atoms with Gasteiger partial charge in [0, 0.05) is 6.20 Å². The summed E-state index contributed by atoms with van der Waals surface area (Å²) >= 11 is 0. The molecular formula is C5H8N4O. The van der Waals surface area contributed by atoms with Gasteiger partial charge in [0.25, 0.3) is 5.91 Å². The molecular weight excluding hydrogens is 132 g/mol. The van der Waals surface area contributed by atoms with Crippen LogP contribution in [0.4, 0.5) is 0 Å². The molecule has 54 valence electrons. The van der Waals surface area contributed by atoms with Crippen LogP contribution < -0.4 is 22.1 Å². The Morgan fingerprint density at radius 2 is 2.50 bits per heavy atom. The summed E-state index contributed by atoms with van der Waals surface area (Å²) in [5.41, 5.74) is 7.62. The molecule has 0 saturated carbocycles. The fourth-order valence-corrected chi connectivity index (χ4v) is 0.564. The second-order valence-electron chi connectivity index (χ2n) is 1.68. The maximum Gasteiger partial charge on any atom is 0.283 e. The van der Waals surface area contributed by atoms with Gasteiger partial charge in [-0.2, -0.15) is 0 Å². The number of hydrogen-bond donors (Lipinski definition) is 4. The minimum Gasteiger partial charge on any atom is -0.308 e. The zero-order valence-electron chi connectivity index (χ0n) is 5.22. The highest BCUT2D eigenvalue weighted by atomic mass is 16.2. The Hall–Kier alpha value is -1.49. The number of hydrogen-bond acceptors (Lipinski definition) is 4. The van der Waals surface area contributed by atoms with Crippen molar-refractivity contribution in [2.45, 2.75) is 0 Å². The molecule has 1 rings (SSSR count). The average Bonchev–Trinajstić information content (AvgIpc) is 2.05. The molecule has 0 bridgehead atoms. The third-order valence-electron chi connectivity index (χ3n) is 1.03. The Morgan fingerprint density at radius 3 is 3.00 bits per heavy atom. The van der Waals surface area contributed by atoms with Gasteiger partial charge in [-0.15, -0.1) is 0 Å². The summed E-state index contributed by atoms with van der Waals surface area (Å²) in [4.78, 5) is 10.7. The molecule has 0 spiro atoms. The van der Waals surface area contributed by atoms with Crippen LogP contribution in [0.25, 0.3) is 0 Å². The lowest BCUT2D eigenvalue weighted by Gasteiger charge is -2.10. The van der Waals surface area contributed by atoms with Crippen molar-refractivity contribution in [2.75, 3.05) is 0 Å². The smallest absolute Gasteiger partial charge is 0.283 e. The van der Waals surface area contributed by atoms with E-state index in [2.05, 4.69) is 10.9 Å². The van der Waals surface area contributed by atoms with E-state index in [1.54, 1.807) is 18.4 Å². The molecule has 1 aliphatic rings.